The van der Waals surface area contributed by atoms with Crippen LogP contribution in [0.3, 0.4) is 0 Å². The molecule has 1 aromatic heterocycles. The molecular formula is C17H14ClN3O3S2. The van der Waals surface area contributed by atoms with Crippen LogP contribution in [-0.4, -0.2) is 19.3 Å². The number of amides is 1. The SMILES string of the molecule is CC(=O)Nc1ccc(S(=O)(=O)Nc2nc(-c3ccccc3)cs2)cc1Cl. The van der Waals surface area contributed by atoms with Crippen LogP contribution in [0, 0.1) is 0 Å². The van der Waals surface area contributed by atoms with E-state index in [1.165, 1.54) is 36.5 Å². The Kier molecular flexibility index (Phi) is 5.26. The maximum absolute atomic E-state index is 12.5. The van der Waals surface area contributed by atoms with Gasteiger partial charge in [0.2, 0.25) is 5.91 Å². The molecule has 0 aliphatic carbocycles. The Morgan fingerprint density at radius 1 is 1.15 bits per heavy atom. The molecule has 2 N–H and O–H groups in total. The van der Waals surface area contributed by atoms with Crippen LogP contribution in [0.5, 0.6) is 0 Å². The molecular weight excluding hydrogens is 394 g/mol. The molecule has 0 bridgehead atoms. The van der Waals surface area contributed by atoms with Gasteiger partial charge in [0, 0.05) is 17.9 Å². The van der Waals surface area contributed by atoms with Gasteiger partial charge in [0.1, 0.15) is 0 Å². The van der Waals surface area contributed by atoms with Gasteiger partial charge < -0.3 is 5.32 Å². The molecule has 3 aromatic rings. The van der Waals surface area contributed by atoms with Crippen LogP contribution < -0.4 is 10.0 Å². The summed E-state index contributed by atoms with van der Waals surface area (Å²) in [6, 6.07) is 13.5. The van der Waals surface area contributed by atoms with Crippen molar-refractivity contribution >= 4 is 49.7 Å². The lowest BCUT2D eigenvalue weighted by Gasteiger charge is -2.09. The summed E-state index contributed by atoms with van der Waals surface area (Å²) >= 11 is 7.24. The highest BCUT2D eigenvalue weighted by atomic mass is 35.5. The number of halogens is 1. The third kappa shape index (κ3) is 4.21. The van der Waals surface area contributed by atoms with E-state index in [4.69, 9.17) is 11.6 Å². The summed E-state index contributed by atoms with van der Waals surface area (Å²) in [5, 5.41) is 4.69. The van der Waals surface area contributed by atoms with Gasteiger partial charge in [0.15, 0.2) is 5.13 Å². The number of hydrogen-bond acceptors (Lipinski definition) is 5. The van der Waals surface area contributed by atoms with Crippen LogP contribution in [0.25, 0.3) is 11.3 Å². The zero-order valence-electron chi connectivity index (χ0n) is 13.6. The van der Waals surface area contributed by atoms with Crippen LogP contribution >= 0.6 is 22.9 Å². The second-order valence-corrected chi connectivity index (χ2v) is 8.28. The largest absolute Gasteiger partial charge is 0.325 e. The van der Waals surface area contributed by atoms with Crippen molar-refractivity contribution in [1.29, 1.82) is 0 Å². The lowest BCUT2D eigenvalue weighted by Crippen LogP contribution is -2.13. The molecule has 134 valence electrons. The number of aromatic nitrogens is 1. The fraction of sp³-hybridized carbons (Fsp3) is 0.0588. The fourth-order valence-electron chi connectivity index (χ4n) is 2.19. The van der Waals surface area contributed by atoms with E-state index in [0.29, 0.717) is 11.4 Å². The molecule has 0 fully saturated rings. The standard InChI is InChI=1S/C17H14ClN3O3S2/c1-11(22)19-15-8-7-13(9-14(15)18)26(23,24)21-17-20-16(10-25-17)12-5-3-2-4-6-12/h2-10H,1H3,(H,19,22)(H,20,21). The number of anilines is 2. The van der Waals surface area contributed by atoms with Gasteiger partial charge in [-0.25, -0.2) is 13.4 Å². The van der Waals surface area contributed by atoms with Gasteiger partial charge in [-0.3, -0.25) is 9.52 Å². The van der Waals surface area contributed by atoms with Crippen molar-refractivity contribution in [1.82, 2.24) is 4.98 Å². The molecule has 0 atom stereocenters. The van der Waals surface area contributed by atoms with Crippen LogP contribution in [0.4, 0.5) is 10.8 Å². The monoisotopic (exact) mass is 407 g/mol. The zero-order valence-corrected chi connectivity index (χ0v) is 16.0. The van der Waals surface area contributed by atoms with E-state index in [9.17, 15) is 13.2 Å². The van der Waals surface area contributed by atoms with Crippen LogP contribution in [0.15, 0.2) is 58.8 Å². The quantitative estimate of drug-likeness (QED) is 0.662. The van der Waals surface area contributed by atoms with E-state index < -0.39 is 10.0 Å². The third-order valence-corrected chi connectivity index (χ3v) is 5.89. The first-order valence-electron chi connectivity index (χ1n) is 7.46. The number of benzene rings is 2. The lowest BCUT2D eigenvalue weighted by atomic mass is 10.2. The number of nitrogens with zero attached hydrogens (tertiary/aromatic N) is 1. The zero-order chi connectivity index (χ0) is 18.7. The number of nitrogens with one attached hydrogen (secondary N) is 2. The van der Waals surface area contributed by atoms with Gasteiger partial charge in [-0.2, -0.15) is 0 Å². The van der Waals surface area contributed by atoms with Gasteiger partial charge in [0.25, 0.3) is 10.0 Å². The molecule has 0 spiro atoms. The second kappa shape index (κ2) is 7.45. The highest BCUT2D eigenvalue weighted by Gasteiger charge is 2.18. The highest BCUT2D eigenvalue weighted by Crippen LogP contribution is 2.29. The minimum absolute atomic E-state index is 0.0203. The average Bonchev–Trinajstić information content (AvgIpc) is 3.05. The van der Waals surface area contributed by atoms with Crippen LogP contribution in [-0.2, 0) is 14.8 Å². The molecule has 9 heteroatoms. The predicted molar refractivity (Wildman–Crippen MR) is 104 cm³/mol. The molecule has 0 aliphatic heterocycles. The van der Waals surface area contributed by atoms with Gasteiger partial charge in [-0.1, -0.05) is 41.9 Å². The Hall–Kier alpha value is -2.42. The number of hydrogen-bond donors (Lipinski definition) is 2. The molecule has 1 amide bonds. The van der Waals surface area contributed by atoms with Crippen molar-refractivity contribution in [2.45, 2.75) is 11.8 Å². The second-order valence-electron chi connectivity index (χ2n) is 5.33. The average molecular weight is 408 g/mol. The number of rotatable bonds is 5. The summed E-state index contributed by atoms with van der Waals surface area (Å²) < 4.78 is 27.5. The van der Waals surface area contributed by atoms with Crippen molar-refractivity contribution < 1.29 is 13.2 Å². The maximum Gasteiger partial charge on any atom is 0.263 e. The van der Waals surface area contributed by atoms with Crippen molar-refractivity contribution in [3.8, 4) is 11.3 Å². The van der Waals surface area contributed by atoms with E-state index in [0.717, 1.165) is 5.56 Å². The minimum atomic E-state index is -3.85. The summed E-state index contributed by atoms with van der Waals surface area (Å²) in [4.78, 5) is 15.4. The maximum atomic E-state index is 12.5. The first-order valence-corrected chi connectivity index (χ1v) is 10.2. The van der Waals surface area contributed by atoms with Gasteiger partial charge >= 0.3 is 0 Å². The van der Waals surface area contributed by atoms with E-state index in [1.807, 2.05) is 30.3 Å². The summed E-state index contributed by atoms with van der Waals surface area (Å²) in [6.45, 7) is 1.34. The summed E-state index contributed by atoms with van der Waals surface area (Å²) in [5.74, 6) is -0.295. The molecule has 0 aliphatic rings. The van der Waals surface area contributed by atoms with Crippen molar-refractivity contribution in [3.05, 3.63) is 58.9 Å². The van der Waals surface area contributed by atoms with Crippen molar-refractivity contribution in [2.24, 2.45) is 0 Å². The smallest absolute Gasteiger partial charge is 0.263 e. The summed E-state index contributed by atoms with van der Waals surface area (Å²) in [5.41, 5.74) is 1.93. The van der Waals surface area contributed by atoms with E-state index in [1.54, 1.807) is 5.38 Å². The Bertz CT molecular complexity index is 1050. The fourth-order valence-corrected chi connectivity index (χ4v) is 4.48. The van der Waals surface area contributed by atoms with Crippen LogP contribution in [0.2, 0.25) is 5.02 Å². The number of carbonyl (C=O) groups excluding carboxylic acids is 1. The Morgan fingerprint density at radius 3 is 2.54 bits per heavy atom. The molecule has 0 saturated carbocycles. The van der Waals surface area contributed by atoms with Crippen molar-refractivity contribution in [3.63, 3.8) is 0 Å². The van der Waals surface area contributed by atoms with Crippen LogP contribution in [0.1, 0.15) is 6.92 Å². The van der Waals surface area contributed by atoms with Gasteiger partial charge in [0.05, 0.1) is 21.3 Å². The van der Waals surface area contributed by atoms with E-state index in [-0.39, 0.29) is 21.0 Å². The number of carbonyl (C=O) groups is 1. The number of thiazole rings is 1. The summed E-state index contributed by atoms with van der Waals surface area (Å²) in [6.07, 6.45) is 0. The number of sulfonamides is 1. The minimum Gasteiger partial charge on any atom is -0.325 e. The third-order valence-electron chi connectivity index (χ3n) is 3.36. The molecule has 2 aromatic carbocycles. The molecule has 0 saturated heterocycles. The molecule has 0 unspecified atom stereocenters. The first-order chi connectivity index (χ1) is 12.3. The highest BCUT2D eigenvalue weighted by molar-refractivity contribution is 7.93. The lowest BCUT2D eigenvalue weighted by molar-refractivity contribution is -0.114. The molecule has 6 nitrogen and oxygen atoms in total. The first kappa shape index (κ1) is 18.4. The Morgan fingerprint density at radius 2 is 1.88 bits per heavy atom. The topological polar surface area (TPSA) is 88.2 Å². The Labute approximate surface area is 159 Å². The predicted octanol–water partition coefficient (Wildman–Crippen LogP) is 4.22. The summed E-state index contributed by atoms with van der Waals surface area (Å²) in [7, 11) is -3.85. The normalized spacial score (nSPS) is 11.2. The Balaban J connectivity index is 1.82. The van der Waals surface area contributed by atoms with E-state index in [2.05, 4.69) is 15.0 Å². The van der Waals surface area contributed by atoms with Gasteiger partial charge in [-0.05, 0) is 18.2 Å². The molecule has 1 heterocycles. The molecule has 0 radical (unpaired) electrons. The van der Waals surface area contributed by atoms with Gasteiger partial charge in [-0.15, -0.1) is 11.3 Å². The van der Waals surface area contributed by atoms with Crippen molar-refractivity contribution in [2.75, 3.05) is 10.0 Å². The molecule has 26 heavy (non-hydrogen) atoms. The molecule has 3 rings (SSSR count). The van der Waals surface area contributed by atoms with E-state index >= 15 is 0 Å².